The number of aryl methyl sites for hydroxylation is 1. The van der Waals surface area contributed by atoms with Crippen molar-refractivity contribution in [2.75, 3.05) is 31.1 Å². The summed E-state index contributed by atoms with van der Waals surface area (Å²) in [5, 5.41) is 15.7. The molecular weight excluding hydrogens is 479 g/mol. The molecule has 0 aliphatic carbocycles. The molecule has 3 heterocycles. The van der Waals surface area contributed by atoms with Gasteiger partial charge in [0, 0.05) is 44.5 Å². The average molecular weight is 513 g/mol. The van der Waals surface area contributed by atoms with Gasteiger partial charge in [0.05, 0.1) is 23.8 Å². The van der Waals surface area contributed by atoms with E-state index in [-0.39, 0.29) is 12.1 Å². The highest BCUT2D eigenvalue weighted by Crippen LogP contribution is 2.25. The van der Waals surface area contributed by atoms with E-state index in [1.165, 1.54) is 12.1 Å². The summed E-state index contributed by atoms with van der Waals surface area (Å²) >= 11 is 0. The summed E-state index contributed by atoms with van der Waals surface area (Å²) in [6.07, 6.45) is 7.42. The smallest absolute Gasteiger partial charge is 0.254 e. The highest BCUT2D eigenvalue weighted by Gasteiger charge is 2.21. The standard InChI is InChI=1S/C26H33FN6O4/c1-3-23-31-24(32-37-23)19-15-29-26(30-16-19)33-10-8-18(9-11-33)5-4-12-36-20-6-7-21(22(27)13-20)25(35)28-14-17(2)34/h6-7,13,15-18,34H,3-5,8-12,14H2,1-2H3,(H,28,35)/t17-/m0/s1. The van der Waals surface area contributed by atoms with Crippen LogP contribution in [0, 0.1) is 11.7 Å². The third-order valence-corrected chi connectivity index (χ3v) is 6.33. The van der Waals surface area contributed by atoms with Crippen molar-refractivity contribution in [1.82, 2.24) is 25.4 Å². The molecule has 1 fully saturated rings. The van der Waals surface area contributed by atoms with Crippen LogP contribution in [0.5, 0.6) is 5.75 Å². The monoisotopic (exact) mass is 512 g/mol. The zero-order valence-corrected chi connectivity index (χ0v) is 21.2. The van der Waals surface area contributed by atoms with Crippen LogP contribution in [0.2, 0.25) is 0 Å². The molecule has 2 aromatic heterocycles. The van der Waals surface area contributed by atoms with Crippen molar-refractivity contribution in [2.45, 2.75) is 52.1 Å². The van der Waals surface area contributed by atoms with Gasteiger partial charge in [-0.25, -0.2) is 14.4 Å². The fourth-order valence-electron chi connectivity index (χ4n) is 4.20. The number of benzene rings is 1. The molecule has 37 heavy (non-hydrogen) atoms. The third-order valence-electron chi connectivity index (χ3n) is 6.33. The molecule has 10 nitrogen and oxygen atoms in total. The van der Waals surface area contributed by atoms with Crippen molar-refractivity contribution in [1.29, 1.82) is 0 Å². The number of aliphatic hydroxyl groups is 1. The molecule has 0 radical (unpaired) electrons. The molecule has 3 aromatic rings. The Morgan fingerprint density at radius 3 is 2.70 bits per heavy atom. The number of carbonyl (C=O) groups is 1. The van der Waals surface area contributed by atoms with Crippen LogP contribution in [0.4, 0.5) is 10.3 Å². The van der Waals surface area contributed by atoms with Crippen LogP contribution >= 0.6 is 0 Å². The van der Waals surface area contributed by atoms with Crippen molar-refractivity contribution in [3.05, 3.63) is 47.9 Å². The molecule has 1 atom stereocenters. The number of hydrogen-bond acceptors (Lipinski definition) is 9. The molecule has 0 unspecified atom stereocenters. The molecule has 4 rings (SSSR count). The van der Waals surface area contributed by atoms with Gasteiger partial charge in [-0.3, -0.25) is 4.79 Å². The maximum absolute atomic E-state index is 14.3. The second-order valence-electron chi connectivity index (χ2n) is 9.26. The predicted octanol–water partition coefficient (Wildman–Crippen LogP) is 3.41. The van der Waals surface area contributed by atoms with Gasteiger partial charge in [-0.1, -0.05) is 12.1 Å². The number of aromatic nitrogens is 4. The van der Waals surface area contributed by atoms with Crippen LogP contribution in [-0.4, -0.2) is 63.5 Å². The molecule has 0 spiro atoms. The van der Waals surface area contributed by atoms with Crippen LogP contribution in [0.1, 0.15) is 55.8 Å². The Bertz CT molecular complexity index is 1160. The summed E-state index contributed by atoms with van der Waals surface area (Å²) < 4.78 is 25.1. The van der Waals surface area contributed by atoms with E-state index in [2.05, 4.69) is 30.3 Å². The van der Waals surface area contributed by atoms with Crippen LogP contribution in [0.15, 0.2) is 35.1 Å². The number of piperidine rings is 1. The Hall–Kier alpha value is -3.60. The summed E-state index contributed by atoms with van der Waals surface area (Å²) in [7, 11) is 0. The molecule has 0 bridgehead atoms. The van der Waals surface area contributed by atoms with Crippen LogP contribution in [0.25, 0.3) is 11.4 Å². The zero-order chi connectivity index (χ0) is 26.2. The number of anilines is 1. The molecule has 1 aliphatic heterocycles. The maximum atomic E-state index is 14.3. The molecule has 1 amide bonds. The van der Waals surface area contributed by atoms with Crippen LogP contribution in [0.3, 0.4) is 0 Å². The Morgan fingerprint density at radius 1 is 1.30 bits per heavy atom. The molecule has 2 N–H and O–H groups in total. The molecule has 0 saturated carbocycles. The summed E-state index contributed by atoms with van der Waals surface area (Å²) in [4.78, 5) is 27.5. The van der Waals surface area contributed by atoms with E-state index in [0.717, 1.165) is 44.3 Å². The first-order chi connectivity index (χ1) is 17.9. The minimum Gasteiger partial charge on any atom is -0.493 e. The van der Waals surface area contributed by atoms with E-state index in [1.54, 1.807) is 25.4 Å². The van der Waals surface area contributed by atoms with Gasteiger partial charge >= 0.3 is 0 Å². The normalized spacial score (nSPS) is 15.0. The predicted molar refractivity (Wildman–Crippen MR) is 135 cm³/mol. The number of rotatable bonds is 11. The quantitative estimate of drug-likeness (QED) is 0.372. The summed E-state index contributed by atoms with van der Waals surface area (Å²) in [5.41, 5.74) is 0.662. The lowest BCUT2D eigenvalue weighted by molar-refractivity contribution is 0.0920. The molecule has 198 valence electrons. The highest BCUT2D eigenvalue weighted by molar-refractivity contribution is 5.94. The number of amides is 1. The molecule has 1 saturated heterocycles. The van der Waals surface area contributed by atoms with E-state index in [1.807, 2.05) is 6.92 Å². The molecule has 11 heteroatoms. The number of nitrogens with one attached hydrogen (secondary N) is 1. The second-order valence-corrected chi connectivity index (χ2v) is 9.26. The number of hydrogen-bond donors (Lipinski definition) is 2. The summed E-state index contributed by atoms with van der Waals surface area (Å²) in [6, 6.07) is 4.21. The average Bonchev–Trinajstić information content (AvgIpc) is 3.40. The largest absolute Gasteiger partial charge is 0.493 e. The van der Waals surface area contributed by atoms with Gasteiger partial charge in [0.1, 0.15) is 11.6 Å². The Labute approximate surface area is 215 Å². The summed E-state index contributed by atoms with van der Waals surface area (Å²) in [6.45, 7) is 5.82. The van der Waals surface area contributed by atoms with E-state index in [4.69, 9.17) is 9.26 Å². The van der Waals surface area contributed by atoms with Gasteiger partial charge in [0.15, 0.2) is 0 Å². The fraction of sp³-hybridized carbons (Fsp3) is 0.500. The van der Waals surface area contributed by atoms with Crippen molar-refractivity contribution >= 4 is 11.9 Å². The zero-order valence-electron chi connectivity index (χ0n) is 21.2. The number of carbonyl (C=O) groups excluding carboxylic acids is 1. The number of aliphatic hydroxyl groups excluding tert-OH is 1. The molecule has 1 aliphatic rings. The Kier molecular flexibility index (Phi) is 8.99. The van der Waals surface area contributed by atoms with E-state index in [9.17, 15) is 14.3 Å². The second kappa shape index (κ2) is 12.6. The minimum absolute atomic E-state index is 0.0656. The van der Waals surface area contributed by atoms with Gasteiger partial charge in [-0.2, -0.15) is 4.98 Å². The first-order valence-corrected chi connectivity index (χ1v) is 12.7. The lowest BCUT2D eigenvalue weighted by Gasteiger charge is -2.32. The van der Waals surface area contributed by atoms with E-state index >= 15 is 0 Å². The van der Waals surface area contributed by atoms with Crippen LogP contribution in [-0.2, 0) is 6.42 Å². The van der Waals surface area contributed by atoms with Crippen molar-refractivity contribution in [3.63, 3.8) is 0 Å². The van der Waals surface area contributed by atoms with Gasteiger partial charge in [0.2, 0.25) is 17.7 Å². The molecular formula is C26H33FN6O4. The van der Waals surface area contributed by atoms with Gasteiger partial charge < -0.3 is 24.6 Å². The van der Waals surface area contributed by atoms with Crippen molar-refractivity contribution in [2.24, 2.45) is 5.92 Å². The number of ether oxygens (including phenoxy) is 1. The van der Waals surface area contributed by atoms with Crippen molar-refractivity contribution < 1.29 is 23.6 Å². The lowest BCUT2D eigenvalue weighted by atomic mass is 9.92. The van der Waals surface area contributed by atoms with Gasteiger partial charge in [-0.05, 0) is 50.7 Å². The first kappa shape index (κ1) is 26.5. The van der Waals surface area contributed by atoms with E-state index < -0.39 is 17.8 Å². The van der Waals surface area contributed by atoms with E-state index in [0.29, 0.717) is 42.4 Å². The minimum atomic E-state index is -0.695. The SMILES string of the molecule is CCc1nc(-c2cnc(N3CCC(CCCOc4ccc(C(=O)NC[C@H](C)O)c(F)c4)CC3)nc2)no1. The van der Waals surface area contributed by atoms with Gasteiger partial charge in [-0.15, -0.1) is 0 Å². The lowest BCUT2D eigenvalue weighted by Crippen LogP contribution is -2.34. The maximum Gasteiger partial charge on any atom is 0.254 e. The third kappa shape index (κ3) is 7.22. The van der Waals surface area contributed by atoms with Gasteiger partial charge in [0.25, 0.3) is 5.91 Å². The number of halogens is 1. The highest BCUT2D eigenvalue weighted by atomic mass is 19.1. The topological polar surface area (TPSA) is 126 Å². The number of nitrogens with zero attached hydrogens (tertiary/aromatic N) is 5. The molecule has 1 aromatic carbocycles. The van der Waals surface area contributed by atoms with Crippen LogP contribution < -0.4 is 15.0 Å². The Morgan fingerprint density at radius 2 is 2.05 bits per heavy atom. The first-order valence-electron chi connectivity index (χ1n) is 12.7. The Balaban J connectivity index is 1.17. The summed E-state index contributed by atoms with van der Waals surface area (Å²) in [5.74, 6) is 1.57. The van der Waals surface area contributed by atoms with Crippen molar-refractivity contribution in [3.8, 4) is 17.1 Å². The fourth-order valence-corrected chi connectivity index (χ4v) is 4.20.